The standard InChI is InChI=1S/C10H11NO3/c1-7(12)11-9(10(13)14)8-5-3-2-4-6-8/h2-6,9H,1H3,(H,11,12)(H,13,14)/p-1/t9-/m1/s1. The average molecular weight is 192 g/mol. The number of hydrogen-bond donors (Lipinski definition) is 1. The van der Waals surface area contributed by atoms with Crippen LogP contribution in [0.5, 0.6) is 0 Å². The van der Waals surface area contributed by atoms with Crippen LogP contribution in [0.1, 0.15) is 18.5 Å². The summed E-state index contributed by atoms with van der Waals surface area (Å²) < 4.78 is 0. The lowest BCUT2D eigenvalue weighted by atomic mass is 10.1. The van der Waals surface area contributed by atoms with Crippen LogP contribution >= 0.6 is 0 Å². The molecule has 74 valence electrons. The summed E-state index contributed by atoms with van der Waals surface area (Å²) in [6, 6.07) is 7.34. The van der Waals surface area contributed by atoms with Gasteiger partial charge in [0, 0.05) is 6.92 Å². The van der Waals surface area contributed by atoms with E-state index >= 15 is 0 Å². The van der Waals surface area contributed by atoms with Crippen molar-refractivity contribution in [3.05, 3.63) is 35.9 Å². The molecule has 0 aliphatic carbocycles. The van der Waals surface area contributed by atoms with Crippen LogP contribution in [0.2, 0.25) is 0 Å². The molecule has 14 heavy (non-hydrogen) atoms. The maximum atomic E-state index is 10.7. The van der Waals surface area contributed by atoms with Crippen LogP contribution in [-0.2, 0) is 9.59 Å². The molecule has 0 aliphatic heterocycles. The summed E-state index contributed by atoms with van der Waals surface area (Å²) in [7, 11) is 0. The van der Waals surface area contributed by atoms with Crippen LogP contribution in [0.3, 0.4) is 0 Å². The second-order valence-corrected chi connectivity index (χ2v) is 2.86. The van der Waals surface area contributed by atoms with E-state index in [1.165, 1.54) is 6.92 Å². The SMILES string of the molecule is CC(=O)N[C@@H](C(=O)[O-])c1ccccc1. The molecule has 1 atom stereocenters. The van der Waals surface area contributed by atoms with Gasteiger partial charge in [0.05, 0.1) is 12.0 Å². The number of benzene rings is 1. The first-order valence-corrected chi connectivity index (χ1v) is 4.14. The normalized spacial score (nSPS) is 11.8. The first-order chi connectivity index (χ1) is 6.61. The van der Waals surface area contributed by atoms with E-state index in [1.54, 1.807) is 30.3 Å². The fourth-order valence-electron chi connectivity index (χ4n) is 1.13. The molecule has 0 saturated heterocycles. The number of hydrogen-bond acceptors (Lipinski definition) is 3. The summed E-state index contributed by atoms with van der Waals surface area (Å²) >= 11 is 0. The van der Waals surface area contributed by atoms with Gasteiger partial charge in [0.15, 0.2) is 0 Å². The van der Waals surface area contributed by atoms with E-state index < -0.39 is 17.9 Å². The lowest BCUT2D eigenvalue weighted by Crippen LogP contribution is -2.40. The van der Waals surface area contributed by atoms with Gasteiger partial charge in [-0.1, -0.05) is 30.3 Å². The number of carboxylic acids is 1. The highest BCUT2D eigenvalue weighted by Gasteiger charge is 2.12. The van der Waals surface area contributed by atoms with Gasteiger partial charge in [-0.2, -0.15) is 0 Å². The van der Waals surface area contributed by atoms with Gasteiger partial charge in [-0.15, -0.1) is 0 Å². The molecule has 1 amide bonds. The highest BCUT2D eigenvalue weighted by Crippen LogP contribution is 2.10. The maximum Gasteiger partial charge on any atom is 0.217 e. The third-order valence-corrected chi connectivity index (χ3v) is 1.72. The largest absolute Gasteiger partial charge is 0.548 e. The summed E-state index contributed by atoms with van der Waals surface area (Å²) in [5, 5.41) is 13.0. The van der Waals surface area contributed by atoms with E-state index in [0.29, 0.717) is 5.56 Å². The Kier molecular flexibility index (Phi) is 3.23. The molecule has 0 saturated carbocycles. The Balaban J connectivity index is 2.89. The Hall–Kier alpha value is -1.84. The number of nitrogens with one attached hydrogen (secondary N) is 1. The van der Waals surface area contributed by atoms with E-state index in [0.717, 1.165) is 0 Å². The lowest BCUT2D eigenvalue weighted by Gasteiger charge is -2.18. The second kappa shape index (κ2) is 4.41. The van der Waals surface area contributed by atoms with Crippen LogP contribution < -0.4 is 10.4 Å². The van der Waals surface area contributed by atoms with E-state index in [-0.39, 0.29) is 0 Å². The molecule has 0 unspecified atom stereocenters. The number of carbonyl (C=O) groups is 2. The molecule has 0 spiro atoms. The van der Waals surface area contributed by atoms with Crippen LogP contribution in [0.25, 0.3) is 0 Å². The molecule has 1 rings (SSSR count). The quantitative estimate of drug-likeness (QED) is 0.709. The van der Waals surface area contributed by atoms with Crippen molar-refractivity contribution in [3.63, 3.8) is 0 Å². The van der Waals surface area contributed by atoms with Crippen LogP contribution in [-0.4, -0.2) is 11.9 Å². The van der Waals surface area contributed by atoms with E-state index in [9.17, 15) is 14.7 Å². The van der Waals surface area contributed by atoms with Crippen molar-refractivity contribution >= 4 is 11.9 Å². The molecule has 4 heteroatoms. The van der Waals surface area contributed by atoms with Crippen LogP contribution in [0, 0.1) is 0 Å². The maximum absolute atomic E-state index is 10.7. The van der Waals surface area contributed by atoms with Crippen molar-refractivity contribution in [2.75, 3.05) is 0 Å². The minimum atomic E-state index is -1.31. The van der Waals surface area contributed by atoms with Gasteiger partial charge in [0.1, 0.15) is 0 Å². The van der Waals surface area contributed by atoms with E-state index in [2.05, 4.69) is 5.32 Å². The first kappa shape index (κ1) is 10.2. The molecule has 0 bridgehead atoms. The molecule has 1 aromatic carbocycles. The van der Waals surface area contributed by atoms with E-state index in [1.807, 2.05) is 0 Å². The molecule has 1 N–H and O–H groups in total. The minimum absolute atomic E-state index is 0.400. The molecule has 0 aliphatic rings. The number of carboxylic acid groups (broad SMARTS) is 1. The second-order valence-electron chi connectivity index (χ2n) is 2.86. The Morgan fingerprint density at radius 3 is 2.29 bits per heavy atom. The Labute approximate surface area is 81.6 Å². The molecule has 1 aromatic rings. The number of amides is 1. The summed E-state index contributed by atoms with van der Waals surface area (Å²) in [5.74, 6) is -1.71. The van der Waals surface area contributed by atoms with Gasteiger partial charge in [0.2, 0.25) is 5.91 Å². The van der Waals surface area contributed by atoms with Crippen molar-refractivity contribution in [1.29, 1.82) is 0 Å². The van der Waals surface area contributed by atoms with Gasteiger partial charge in [-0.3, -0.25) is 4.79 Å². The Morgan fingerprint density at radius 2 is 1.86 bits per heavy atom. The van der Waals surface area contributed by atoms with Gasteiger partial charge in [0.25, 0.3) is 0 Å². The molecule has 0 fully saturated rings. The fourth-order valence-corrected chi connectivity index (χ4v) is 1.13. The van der Waals surface area contributed by atoms with Gasteiger partial charge >= 0.3 is 0 Å². The zero-order valence-electron chi connectivity index (χ0n) is 7.69. The van der Waals surface area contributed by atoms with Crippen molar-refractivity contribution in [2.24, 2.45) is 0 Å². The van der Waals surface area contributed by atoms with Crippen LogP contribution in [0.4, 0.5) is 0 Å². The monoisotopic (exact) mass is 192 g/mol. The van der Waals surface area contributed by atoms with Crippen molar-refractivity contribution in [2.45, 2.75) is 13.0 Å². The lowest BCUT2D eigenvalue weighted by molar-refractivity contribution is -0.308. The molecule has 0 radical (unpaired) electrons. The molecular formula is C10H10NO3-. The highest BCUT2D eigenvalue weighted by molar-refractivity contribution is 5.82. The Bertz CT molecular complexity index is 334. The topological polar surface area (TPSA) is 69.2 Å². The van der Waals surface area contributed by atoms with Gasteiger partial charge < -0.3 is 15.2 Å². The highest BCUT2D eigenvalue weighted by atomic mass is 16.4. The Morgan fingerprint density at radius 1 is 1.29 bits per heavy atom. The van der Waals surface area contributed by atoms with Gasteiger partial charge in [-0.05, 0) is 5.56 Å². The average Bonchev–Trinajstić information content (AvgIpc) is 2.15. The predicted octanol–water partition coefficient (Wildman–Crippen LogP) is -0.386. The van der Waals surface area contributed by atoms with Crippen molar-refractivity contribution in [1.82, 2.24) is 5.32 Å². The third-order valence-electron chi connectivity index (χ3n) is 1.72. The number of carbonyl (C=O) groups excluding carboxylic acids is 2. The first-order valence-electron chi connectivity index (χ1n) is 4.14. The summed E-state index contributed by atoms with van der Waals surface area (Å²) in [5.41, 5.74) is 0.503. The van der Waals surface area contributed by atoms with Crippen molar-refractivity contribution in [3.8, 4) is 0 Å². The summed E-state index contributed by atoms with van der Waals surface area (Å²) in [6.07, 6.45) is 0. The zero-order chi connectivity index (χ0) is 10.6. The molecular weight excluding hydrogens is 182 g/mol. The van der Waals surface area contributed by atoms with Crippen molar-refractivity contribution < 1.29 is 14.7 Å². The third kappa shape index (κ3) is 2.58. The smallest absolute Gasteiger partial charge is 0.217 e. The number of rotatable bonds is 3. The molecule has 0 heterocycles. The summed E-state index contributed by atoms with van der Waals surface area (Å²) in [4.78, 5) is 21.4. The van der Waals surface area contributed by atoms with Crippen LogP contribution in [0.15, 0.2) is 30.3 Å². The fraction of sp³-hybridized carbons (Fsp3) is 0.200. The van der Waals surface area contributed by atoms with E-state index in [4.69, 9.17) is 0 Å². The summed E-state index contributed by atoms with van der Waals surface area (Å²) in [6.45, 7) is 1.26. The molecule has 0 aromatic heterocycles. The zero-order valence-corrected chi connectivity index (χ0v) is 7.69. The van der Waals surface area contributed by atoms with Gasteiger partial charge in [-0.25, -0.2) is 0 Å². The minimum Gasteiger partial charge on any atom is -0.548 e. The molecule has 4 nitrogen and oxygen atoms in total. The predicted molar refractivity (Wildman–Crippen MR) is 48.0 cm³/mol. The number of aliphatic carboxylic acids is 1.